The minimum absolute atomic E-state index is 0.0236. The largest absolute Gasteiger partial charge is 0.349 e. The molecule has 0 aliphatic heterocycles. The van der Waals surface area contributed by atoms with Crippen LogP contribution in [0.4, 0.5) is 5.69 Å². The molecule has 0 saturated carbocycles. The number of nitro benzene ring substituents is 1. The van der Waals surface area contributed by atoms with E-state index in [4.69, 9.17) is 0 Å². The van der Waals surface area contributed by atoms with Gasteiger partial charge < -0.3 is 5.32 Å². The monoisotopic (exact) mass is 322 g/mol. The van der Waals surface area contributed by atoms with E-state index >= 15 is 0 Å². The third-order valence-corrected chi connectivity index (χ3v) is 4.02. The second-order valence-corrected chi connectivity index (χ2v) is 5.94. The molecule has 0 saturated heterocycles. The van der Waals surface area contributed by atoms with E-state index in [0.717, 1.165) is 4.90 Å². The number of aryl methyl sites for hydroxylation is 1. The van der Waals surface area contributed by atoms with Gasteiger partial charge >= 0.3 is 0 Å². The Morgan fingerprint density at radius 3 is 2.64 bits per heavy atom. The fourth-order valence-electron chi connectivity index (χ4n) is 1.63. The van der Waals surface area contributed by atoms with Gasteiger partial charge in [-0.05, 0) is 26.0 Å². The molecule has 0 fully saturated rings. The molecule has 116 valence electrons. The summed E-state index contributed by atoms with van der Waals surface area (Å²) in [4.78, 5) is 22.9. The van der Waals surface area contributed by atoms with E-state index in [1.807, 2.05) is 0 Å². The third kappa shape index (κ3) is 4.04. The first-order valence-corrected chi connectivity index (χ1v) is 7.32. The van der Waals surface area contributed by atoms with Crippen LogP contribution in [0.5, 0.6) is 0 Å². The van der Waals surface area contributed by atoms with E-state index in [0.29, 0.717) is 11.4 Å². The highest BCUT2D eigenvalue weighted by molar-refractivity contribution is 8.00. The van der Waals surface area contributed by atoms with Crippen molar-refractivity contribution in [3.63, 3.8) is 0 Å². The van der Waals surface area contributed by atoms with Crippen molar-refractivity contribution in [2.24, 2.45) is 0 Å². The number of carbonyl (C=O) groups is 1. The quantitative estimate of drug-likeness (QED) is 0.492. The van der Waals surface area contributed by atoms with Crippen LogP contribution in [-0.4, -0.2) is 26.4 Å². The summed E-state index contributed by atoms with van der Waals surface area (Å²) in [5.41, 5.74) is 1.24. The highest BCUT2D eigenvalue weighted by Crippen LogP contribution is 2.25. The fraction of sp³-hybridized carbons (Fsp3) is 0.308. The van der Waals surface area contributed by atoms with E-state index in [9.17, 15) is 14.9 Å². The number of nitrogens with one attached hydrogen (secondary N) is 1. The molecule has 0 spiro atoms. The smallest absolute Gasteiger partial charge is 0.269 e. The van der Waals surface area contributed by atoms with Crippen molar-refractivity contribution >= 4 is 23.4 Å². The molecule has 0 bridgehead atoms. The average Bonchev–Trinajstić information content (AvgIpc) is 2.90. The summed E-state index contributed by atoms with van der Waals surface area (Å²) in [6, 6.07) is 6.07. The maximum absolute atomic E-state index is 12.0. The SMILES string of the molecule is Cc1nonc1CNC(=O)C(C)Sc1ccc([N+](=O)[O-])cc1. The van der Waals surface area contributed by atoms with Crippen molar-refractivity contribution in [1.29, 1.82) is 0 Å². The lowest BCUT2D eigenvalue weighted by Gasteiger charge is -2.11. The first-order valence-electron chi connectivity index (χ1n) is 6.44. The number of benzene rings is 1. The van der Waals surface area contributed by atoms with Crippen LogP contribution < -0.4 is 5.32 Å². The Hall–Kier alpha value is -2.42. The van der Waals surface area contributed by atoms with Gasteiger partial charge in [-0.25, -0.2) is 4.63 Å². The van der Waals surface area contributed by atoms with Gasteiger partial charge in [0.15, 0.2) is 0 Å². The average molecular weight is 322 g/mol. The molecule has 2 aromatic rings. The van der Waals surface area contributed by atoms with Gasteiger partial charge in [-0.15, -0.1) is 11.8 Å². The number of nitrogens with zero attached hydrogens (tertiary/aromatic N) is 3. The van der Waals surface area contributed by atoms with Crippen LogP contribution in [0.25, 0.3) is 0 Å². The van der Waals surface area contributed by atoms with E-state index in [-0.39, 0.29) is 23.4 Å². The summed E-state index contributed by atoms with van der Waals surface area (Å²) in [5, 5.41) is 20.3. The van der Waals surface area contributed by atoms with E-state index in [1.54, 1.807) is 26.0 Å². The number of carbonyl (C=O) groups excluding carboxylic acids is 1. The molecule has 1 unspecified atom stereocenters. The van der Waals surface area contributed by atoms with Crippen LogP contribution in [0.3, 0.4) is 0 Å². The Kier molecular flexibility index (Phi) is 5.10. The number of rotatable bonds is 6. The van der Waals surface area contributed by atoms with E-state index in [2.05, 4.69) is 20.3 Å². The minimum Gasteiger partial charge on any atom is -0.349 e. The van der Waals surface area contributed by atoms with Crippen molar-refractivity contribution in [2.75, 3.05) is 0 Å². The highest BCUT2D eigenvalue weighted by Gasteiger charge is 2.16. The number of amides is 1. The number of non-ortho nitro benzene ring substituents is 1. The summed E-state index contributed by atoms with van der Waals surface area (Å²) in [7, 11) is 0. The number of thioether (sulfide) groups is 1. The molecule has 22 heavy (non-hydrogen) atoms. The summed E-state index contributed by atoms with van der Waals surface area (Å²) in [6.07, 6.45) is 0. The lowest BCUT2D eigenvalue weighted by molar-refractivity contribution is -0.384. The van der Waals surface area contributed by atoms with Crippen LogP contribution in [-0.2, 0) is 11.3 Å². The summed E-state index contributed by atoms with van der Waals surface area (Å²) >= 11 is 1.32. The predicted octanol–water partition coefficient (Wildman–Crippen LogP) is 2.08. The Labute approximate surface area is 130 Å². The molecule has 1 heterocycles. The molecule has 1 atom stereocenters. The zero-order valence-electron chi connectivity index (χ0n) is 12.0. The number of hydrogen-bond donors (Lipinski definition) is 1. The van der Waals surface area contributed by atoms with Crippen molar-refractivity contribution < 1.29 is 14.3 Å². The third-order valence-electron chi connectivity index (χ3n) is 2.91. The molecule has 2 rings (SSSR count). The zero-order valence-corrected chi connectivity index (χ0v) is 12.8. The molecule has 9 heteroatoms. The molecule has 1 amide bonds. The molecule has 1 aromatic heterocycles. The minimum atomic E-state index is -0.459. The Morgan fingerprint density at radius 1 is 1.41 bits per heavy atom. The maximum Gasteiger partial charge on any atom is 0.269 e. The Bertz CT molecular complexity index is 671. The van der Waals surface area contributed by atoms with Crippen molar-refractivity contribution in [3.8, 4) is 0 Å². The summed E-state index contributed by atoms with van der Waals surface area (Å²) < 4.78 is 4.55. The van der Waals surface area contributed by atoms with Crippen molar-refractivity contribution in [1.82, 2.24) is 15.6 Å². The predicted molar refractivity (Wildman–Crippen MR) is 79.3 cm³/mol. The lowest BCUT2D eigenvalue weighted by Crippen LogP contribution is -2.30. The van der Waals surface area contributed by atoms with Crippen molar-refractivity contribution in [2.45, 2.75) is 30.5 Å². The normalized spacial score (nSPS) is 11.9. The number of nitro groups is 1. The fourth-order valence-corrected chi connectivity index (χ4v) is 2.52. The first-order chi connectivity index (χ1) is 10.5. The van der Waals surface area contributed by atoms with Crippen LogP contribution in [0.1, 0.15) is 18.3 Å². The van der Waals surface area contributed by atoms with Crippen LogP contribution in [0, 0.1) is 17.0 Å². The van der Waals surface area contributed by atoms with Crippen LogP contribution >= 0.6 is 11.8 Å². The second-order valence-electron chi connectivity index (χ2n) is 4.53. The van der Waals surface area contributed by atoms with E-state index < -0.39 is 4.92 Å². The van der Waals surface area contributed by atoms with Gasteiger partial charge in [0.05, 0.1) is 16.7 Å². The highest BCUT2D eigenvalue weighted by atomic mass is 32.2. The van der Waals surface area contributed by atoms with Crippen LogP contribution in [0.15, 0.2) is 33.8 Å². The zero-order chi connectivity index (χ0) is 16.1. The van der Waals surface area contributed by atoms with Gasteiger partial charge in [-0.1, -0.05) is 10.3 Å². The molecule has 8 nitrogen and oxygen atoms in total. The first kappa shape index (κ1) is 16.0. The Balaban J connectivity index is 1.88. The number of hydrogen-bond acceptors (Lipinski definition) is 7. The topological polar surface area (TPSA) is 111 Å². The van der Waals surface area contributed by atoms with E-state index in [1.165, 1.54) is 23.9 Å². The molecule has 1 N–H and O–H groups in total. The van der Waals surface area contributed by atoms with Gasteiger partial charge in [0.1, 0.15) is 11.4 Å². The maximum atomic E-state index is 12.0. The van der Waals surface area contributed by atoms with Gasteiger partial charge in [0, 0.05) is 17.0 Å². The van der Waals surface area contributed by atoms with Gasteiger partial charge in [0.25, 0.3) is 5.69 Å². The summed E-state index contributed by atoms with van der Waals surface area (Å²) in [6.45, 7) is 3.75. The molecule has 0 radical (unpaired) electrons. The van der Waals surface area contributed by atoms with Crippen LogP contribution in [0.2, 0.25) is 0 Å². The second kappa shape index (κ2) is 7.03. The molecule has 0 aliphatic rings. The molecule has 1 aromatic carbocycles. The van der Waals surface area contributed by atoms with Gasteiger partial charge in [-0.3, -0.25) is 14.9 Å². The van der Waals surface area contributed by atoms with Gasteiger partial charge in [0.2, 0.25) is 5.91 Å². The molecular weight excluding hydrogens is 308 g/mol. The molecule has 0 aliphatic carbocycles. The standard InChI is InChI=1S/C13H14N4O4S/c1-8-12(16-21-15-8)7-14-13(18)9(2)22-11-5-3-10(4-6-11)17(19)20/h3-6,9H,7H2,1-2H3,(H,14,18). The molecular formula is C13H14N4O4S. The van der Waals surface area contributed by atoms with Gasteiger partial charge in [-0.2, -0.15) is 0 Å². The summed E-state index contributed by atoms with van der Waals surface area (Å²) in [5.74, 6) is -0.161. The van der Waals surface area contributed by atoms with Crippen molar-refractivity contribution in [3.05, 3.63) is 45.8 Å². The lowest BCUT2D eigenvalue weighted by atomic mass is 10.3. The Morgan fingerprint density at radius 2 is 2.09 bits per heavy atom. The number of aromatic nitrogens is 2.